The minimum Gasteiger partial charge on any atom is -0.384 e. The molecule has 2 heterocycles. The van der Waals surface area contributed by atoms with Crippen LogP contribution in [-0.4, -0.2) is 32.4 Å². The molecule has 0 radical (unpaired) electrons. The Bertz CT molecular complexity index is 613. The van der Waals surface area contributed by atoms with Crippen molar-refractivity contribution >= 4 is 15.7 Å². The van der Waals surface area contributed by atoms with Crippen LogP contribution in [-0.2, 0) is 16.4 Å². The molecule has 4 nitrogen and oxygen atoms in total. The number of anilines is 1. The second-order valence-corrected chi connectivity index (χ2v) is 8.04. The van der Waals surface area contributed by atoms with Gasteiger partial charge in [0.15, 0.2) is 0 Å². The summed E-state index contributed by atoms with van der Waals surface area (Å²) >= 11 is 0. The Morgan fingerprint density at radius 1 is 1.29 bits per heavy atom. The average molecular weight is 308 g/mol. The maximum absolute atomic E-state index is 12.8. The summed E-state index contributed by atoms with van der Waals surface area (Å²) in [4.78, 5) is 0.458. The number of benzene rings is 1. The van der Waals surface area contributed by atoms with E-state index in [1.807, 2.05) is 12.1 Å². The minimum atomic E-state index is -3.33. The van der Waals surface area contributed by atoms with Crippen molar-refractivity contribution in [1.82, 2.24) is 4.31 Å². The van der Waals surface area contributed by atoms with E-state index in [0.717, 1.165) is 49.9 Å². The van der Waals surface area contributed by atoms with Crippen LogP contribution in [0.3, 0.4) is 0 Å². The summed E-state index contributed by atoms with van der Waals surface area (Å²) < 4.78 is 27.4. The third-order valence-electron chi connectivity index (χ3n) is 4.81. The number of rotatable bonds is 3. The van der Waals surface area contributed by atoms with Crippen LogP contribution >= 0.6 is 0 Å². The highest BCUT2D eigenvalue weighted by molar-refractivity contribution is 7.89. The van der Waals surface area contributed by atoms with Crippen molar-refractivity contribution in [2.75, 3.05) is 25.0 Å². The largest absolute Gasteiger partial charge is 0.384 e. The Morgan fingerprint density at radius 3 is 2.95 bits per heavy atom. The van der Waals surface area contributed by atoms with Crippen LogP contribution in [0.5, 0.6) is 0 Å². The zero-order valence-electron chi connectivity index (χ0n) is 12.6. The molecule has 1 N–H and O–H groups in total. The van der Waals surface area contributed by atoms with Crippen LogP contribution < -0.4 is 5.32 Å². The molecule has 0 amide bonds. The van der Waals surface area contributed by atoms with E-state index in [-0.39, 0.29) is 0 Å². The van der Waals surface area contributed by atoms with Gasteiger partial charge < -0.3 is 5.32 Å². The summed E-state index contributed by atoms with van der Waals surface area (Å²) in [5.74, 6) is 0.675. The Hall–Kier alpha value is -1.07. The molecule has 1 aromatic carbocycles. The minimum absolute atomic E-state index is 0.458. The van der Waals surface area contributed by atoms with Crippen LogP contribution in [0.4, 0.5) is 5.69 Å². The molecule has 0 aromatic heterocycles. The van der Waals surface area contributed by atoms with Crippen molar-refractivity contribution in [3.63, 3.8) is 0 Å². The third kappa shape index (κ3) is 2.94. The number of nitrogens with zero attached hydrogens (tertiary/aromatic N) is 1. The highest BCUT2D eigenvalue weighted by Gasteiger charge is 2.28. The van der Waals surface area contributed by atoms with Gasteiger partial charge in [0.2, 0.25) is 10.0 Å². The summed E-state index contributed by atoms with van der Waals surface area (Å²) in [5, 5.41) is 3.27. The summed E-state index contributed by atoms with van der Waals surface area (Å²) in [6, 6.07) is 5.50. The van der Waals surface area contributed by atoms with Gasteiger partial charge in [0.25, 0.3) is 0 Å². The molecule has 0 saturated carbocycles. The van der Waals surface area contributed by atoms with Gasteiger partial charge in [0.1, 0.15) is 0 Å². The van der Waals surface area contributed by atoms with Crippen molar-refractivity contribution in [2.24, 2.45) is 5.92 Å². The molecule has 116 valence electrons. The fourth-order valence-electron chi connectivity index (χ4n) is 3.38. The maximum atomic E-state index is 12.8. The van der Waals surface area contributed by atoms with Crippen molar-refractivity contribution in [2.45, 2.75) is 43.9 Å². The fourth-order valence-corrected chi connectivity index (χ4v) is 4.92. The molecule has 3 rings (SSSR count). The van der Waals surface area contributed by atoms with Crippen LogP contribution in [0.25, 0.3) is 0 Å². The van der Waals surface area contributed by atoms with Gasteiger partial charge in [-0.1, -0.05) is 13.3 Å². The van der Waals surface area contributed by atoms with Crippen LogP contribution in [0.15, 0.2) is 23.1 Å². The average Bonchev–Trinajstić information content (AvgIpc) is 2.81. The van der Waals surface area contributed by atoms with Gasteiger partial charge in [-0.15, -0.1) is 0 Å². The first-order valence-electron chi connectivity index (χ1n) is 7.98. The van der Waals surface area contributed by atoms with Gasteiger partial charge in [0, 0.05) is 25.3 Å². The van der Waals surface area contributed by atoms with Crippen molar-refractivity contribution in [3.05, 3.63) is 23.8 Å². The lowest BCUT2D eigenvalue weighted by molar-refractivity contribution is 0.407. The summed E-state index contributed by atoms with van der Waals surface area (Å²) in [7, 11) is -3.33. The highest BCUT2D eigenvalue weighted by atomic mass is 32.2. The number of hydrogen-bond donors (Lipinski definition) is 1. The van der Waals surface area contributed by atoms with Crippen LogP contribution in [0.2, 0.25) is 0 Å². The summed E-state index contributed by atoms with van der Waals surface area (Å²) in [5.41, 5.74) is 2.20. The number of fused-ring (bicyclic) bond motifs is 1. The van der Waals surface area contributed by atoms with Crippen molar-refractivity contribution in [1.29, 1.82) is 0 Å². The van der Waals surface area contributed by atoms with Gasteiger partial charge in [0.05, 0.1) is 4.90 Å². The topological polar surface area (TPSA) is 49.4 Å². The van der Waals surface area contributed by atoms with E-state index in [4.69, 9.17) is 0 Å². The second-order valence-electron chi connectivity index (χ2n) is 6.10. The van der Waals surface area contributed by atoms with Crippen molar-refractivity contribution < 1.29 is 8.42 Å². The van der Waals surface area contributed by atoms with Gasteiger partial charge in [-0.3, -0.25) is 0 Å². The Morgan fingerprint density at radius 2 is 2.14 bits per heavy atom. The lowest BCUT2D eigenvalue weighted by Gasteiger charge is -2.20. The zero-order valence-corrected chi connectivity index (χ0v) is 13.5. The molecular formula is C16H24N2O2S. The first kappa shape index (κ1) is 14.9. The predicted octanol–water partition coefficient (Wildman–Crippen LogP) is 2.86. The lowest BCUT2D eigenvalue weighted by atomic mass is 9.98. The molecule has 1 fully saturated rings. The summed E-state index contributed by atoms with van der Waals surface area (Å²) in [6.07, 6.45) is 5.18. The maximum Gasteiger partial charge on any atom is 0.243 e. The standard InChI is InChI=1S/C16H24N2O2S/c1-2-13-4-3-10-18(11-8-13)21(19,20)15-5-6-16-14(12-15)7-9-17-16/h5-6,12-13,17H,2-4,7-11H2,1H3. The molecule has 21 heavy (non-hydrogen) atoms. The smallest absolute Gasteiger partial charge is 0.243 e. The van der Waals surface area contributed by atoms with Crippen LogP contribution in [0.1, 0.15) is 38.2 Å². The van der Waals surface area contributed by atoms with Gasteiger partial charge >= 0.3 is 0 Å². The molecule has 2 aliphatic rings. The first-order valence-corrected chi connectivity index (χ1v) is 9.42. The molecular weight excluding hydrogens is 284 g/mol. The Balaban J connectivity index is 1.83. The lowest BCUT2D eigenvalue weighted by Crippen LogP contribution is -2.32. The third-order valence-corrected chi connectivity index (χ3v) is 6.70. The second kappa shape index (κ2) is 5.97. The van der Waals surface area contributed by atoms with Gasteiger partial charge in [-0.2, -0.15) is 4.31 Å². The van der Waals surface area contributed by atoms with E-state index in [2.05, 4.69) is 12.2 Å². The molecule has 5 heteroatoms. The van der Waals surface area contributed by atoms with E-state index >= 15 is 0 Å². The van der Waals surface area contributed by atoms with E-state index in [9.17, 15) is 8.42 Å². The molecule has 0 aliphatic carbocycles. The SMILES string of the molecule is CCC1CCCN(S(=O)(=O)c2ccc3c(c2)CCN3)CC1. The van der Waals surface area contributed by atoms with E-state index < -0.39 is 10.0 Å². The highest BCUT2D eigenvalue weighted by Crippen LogP contribution is 2.29. The van der Waals surface area contributed by atoms with Crippen LogP contribution in [0, 0.1) is 5.92 Å². The number of sulfonamides is 1. The molecule has 1 saturated heterocycles. The molecule has 1 atom stereocenters. The summed E-state index contributed by atoms with van der Waals surface area (Å²) in [6.45, 7) is 4.42. The Labute approximate surface area is 127 Å². The predicted molar refractivity (Wildman–Crippen MR) is 85.0 cm³/mol. The fraction of sp³-hybridized carbons (Fsp3) is 0.625. The molecule has 0 bridgehead atoms. The van der Waals surface area contributed by atoms with Gasteiger partial charge in [-0.25, -0.2) is 8.42 Å². The molecule has 1 aromatic rings. The van der Waals surface area contributed by atoms with E-state index in [1.165, 1.54) is 0 Å². The van der Waals surface area contributed by atoms with E-state index in [0.29, 0.717) is 23.9 Å². The monoisotopic (exact) mass is 308 g/mol. The quantitative estimate of drug-likeness (QED) is 0.934. The Kier molecular flexibility index (Phi) is 4.22. The number of hydrogen-bond acceptors (Lipinski definition) is 3. The van der Waals surface area contributed by atoms with E-state index in [1.54, 1.807) is 10.4 Å². The molecule has 1 unspecified atom stereocenters. The molecule has 2 aliphatic heterocycles. The first-order chi connectivity index (χ1) is 10.1. The van der Waals surface area contributed by atoms with Gasteiger partial charge in [-0.05, 0) is 55.4 Å². The zero-order chi connectivity index (χ0) is 14.9. The number of nitrogens with one attached hydrogen (secondary N) is 1. The molecule has 0 spiro atoms. The van der Waals surface area contributed by atoms with Crippen molar-refractivity contribution in [3.8, 4) is 0 Å². The normalized spacial score (nSPS) is 23.4.